The Morgan fingerprint density at radius 3 is 2.86 bits per heavy atom. The minimum atomic E-state index is -0.285. The number of methoxy groups -OCH3 is 1. The van der Waals surface area contributed by atoms with Gasteiger partial charge in [-0.25, -0.2) is 0 Å². The Bertz CT molecular complexity index is 1250. The Morgan fingerprint density at radius 1 is 1.17 bits per heavy atom. The van der Waals surface area contributed by atoms with Crippen LogP contribution in [0.2, 0.25) is 0 Å². The highest BCUT2D eigenvalue weighted by molar-refractivity contribution is 7.19. The van der Waals surface area contributed by atoms with Gasteiger partial charge in [-0.3, -0.25) is 4.79 Å². The molecule has 0 atom stereocenters. The van der Waals surface area contributed by atoms with E-state index in [9.17, 15) is 4.79 Å². The first-order valence-electron chi connectivity index (χ1n) is 8.70. The number of carbonyl (C=O) groups excluding carboxylic acids is 1. The first-order chi connectivity index (χ1) is 14.1. The maximum Gasteiger partial charge on any atom is 0.255 e. The van der Waals surface area contributed by atoms with E-state index in [-0.39, 0.29) is 12.7 Å². The van der Waals surface area contributed by atoms with Crippen molar-refractivity contribution in [3.8, 4) is 27.8 Å². The molecule has 0 fully saturated rings. The average molecular weight is 409 g/mol. The number of anilines is 1. The number of rotatable bonds is 4. The molecule has 0 aliphatic carbocycles. The lowest BCUT2D eigenvalue weighted by molar-refractivity contribution is 0.102. The molecule has 1 aliphatic heterocycles. The van der Waals surface area contributed by atoms with E-state index in [1.807, 2.05) is 19.1 Å². The SMILES string of the molecule is COc1ccc(-c2nn3c(C)nnc3s2)cc1NC(=O)c1ccc2c(c1)OCO2. The maximum atomic E-state index is 12.8. The second-order valence-electron chi connectivity index (χ2n) is 6.29. The van der Waals surface area contributed by atoms with Crippen LogP contribution >= 0.6 is 11.3 Å². The highest BCUT2D eigenvalue weighted by Gasteiger charge is 2.18. The van der Waals surface area contributed by atoms with E-state index in [1.165, 1.54) is 11.3 Å². The minimum Gasteiger partial charge on any atom is -0.495 e. The molecule has 2 aromatic heterocycles. The van der Waals surface area contributed by atoms with Crippen LogP contribution in [-0.2, 0) is 0 Å². The summed E-state index contributed by atoms with van der Waals surface area (Å²) in [4.78, 5) is 13.5. The number of hydrogen-bond donors (Lipinski definition) is 1. The molecule has 146 valence electrons. The Morgan fingerprint density at radius 2 is 2.03 bits per heavy atom. The third kappa shape index (κ3) is 3.03. The third-order valence-electron chi connectivity index (χ3n) is 4.48. The molecule has 1 N–H and O–H groups in total. The van der Waals surface area contributed by atoms with E-state index >= 15 is 0 Å². The Hall–Kier alpha value is -3.66. The van der Waals surface area contributed by atoms with Crippen LogP contribution in [0.15, 0.2) is 36.4 Å². The summed E-state index contributed by atoms with van der Waals surface area (Å²) in [6.07, 6.45) is 0. The number of nitrogens with one attached hydrogen (secondary N) is 1. The van der Waals surface area contributed by atoms with Crippen molar-refractivity contribution in [1.82, 2.24) is 19.8 Å². The molecule has 0 spiro atoms. The van der Waals surface area contributed by atoms with Crippen LogP contribution in [0.5, 0.6) is 17.2 Å². The van der Waals surface area contributed by atoms with Crippen LogP contribution in [0, 0.1) is 6.92 Å². The topological polar surface area (TPSA) is 99.9 Å². The molecular formula is C19H15N5O4S. The smallest absolute Gasteiger partial charge is 0.255 e. The summed E-state index contributed by atoms with van der Waals surface area (Å²) in [6.45, 7) is 2.00. The van der Waals surface area contributed by atoms with Crippen LogP contribution in [-0.4, -0.2) is 39.6 Å². The second-order valence-corrected chi connectivity index (χ2v) is 7.24. The lowest BCUT2D eigenvalue weighted by atomic mass is 10.1. The van der Waals surface area contributed by atoms with Gasteiger partial charge in [-0.05, 0) is 43.3 Å². The van der Waals surface area contributed by atoms with Gasteiger partial charge in [-0.1, -0.05) is 11.3 Å². The average Bonchev–Trinajstić information content (AvgIpc) is 3.44. The lowest BCUT2D eigenvalue weighted by Crippen LogP contribution is -2.12. The van der Waals surface area contributed by atoms with Gasteiger partial charge in [0, 0.05) is 11.1 Å². The molecule has 1 amide bonds. The van der Waals surface area contributed by atoms with Gasteiger partial charge in [0.2, 0.25) is 11.8 Å². The Kier molecular flexibility index (Phi) is 4.06. The standard InChI is InChI=1S/C19H15N5O4S/c1-10-21-22-19-24(10)23-18(29-19)12-4-5-14(26-2)13(7-12)20-17(25)11-3-6-15-16(8-11)28-9-27-15/h3-8H,9H2,1-2H3,(H,20,25). The highest BCUT2D eigenvalue weighted by atomic mass is 32.1. The predicted octanol–water partition coefficient (Wildman–Crippen LogP) is 3.15. The van der Waals surface area contributed by atoms with Crippen molar-refractivity contribution in [3.05, 3.63) is 47.8 Å². The summed E-state index contributed by atoms with van der Waals surface area (Å²) < 4.78 is 17.7. The fourth-order valence-corrected chi connectivity index (χ4v) is 3.88. The molecule has 0 saturated heterocycles. The third-order valence-corrected chi connectivity index (χ3v) is 5.42. The molecule has 1 aliphatic rings. The number of fused-ring (bicyclic) bond motifs is 2. The molecule has 2 aromatic carbocycles. The van der Waals surface area contributed by atoms with Crippen molar-refractivity contribution in [3.63, 3.8) is 0 Å². The van der Waals surface area contributed by atoms with Crippen LogP contribution in [0.1, 0.15) is 16.2 Å². The molecule has 0 bridgehead atoms. The van der Waals surface area contributed by atoms with Gasteiger partial charge in [-0.15, -0.1) is 10.2 Å². The molecule has 0 saturated carbocycles. The number of hydrogen-bond acceptors (Lipinski definition) is 8. The van der Waals surface area contributed by atoms with Crippen LogP contribution in [0.4, 0.5) is 5.69 Å². The summed E-state index contributed by atoms with van der Waals surface area (Å²) >= 11 is 1.42. The van der Waals surface area contributed by atoms with Crippen molar-refractivity contribution in [1.29, 1.82) is 0 Å². The van der Waals surface area contributed by atoms with Gasteiger partial charge in [0.05, 0.1) is 12.8 Å². The van der Waals surface area contributed by atoms with E-state index < -0.39 is 0 Å². The molecule has 9 nitrogen and oxygen atoms in total. The van der Waals surface area contributed by atoms with Crippen molar-refractivity contribution in [2.24, 2.45) is 0 Å². The van der Waals surface area contributed by atoms with E-state index in [4.69, 9.17) is 14.2 Å². The van der Waals surface area contributed by atoms with E-state index in [1.54, 1.807) is 35.9 Å². The molecule has 29 heavy (non-hydrogen) atoms. The largest absolute Gasteiger partial charge is 0.495 e. The number of ether oxygens (including phenoxy) is 3. The number of aryl methyl sites for hydroxylation is 1. The van der Waals surface area contributed by atoms with Gasteiger partial charge >= 0.3 is 0 Å². The zero-order valence-electron chi connectivity index (χ0n) is 15.5. The Balaban J connectivity index is 1.47. The molecule has 3 heterocycles. The molecule has 4 aromatic rings. The van der Waals surface area contributed by atoms with Gasteiger partial charge < -0.3 is 19.5 Å². The van der Waals surface area contributed by atoms with Crippen molar-refractivity contribution < 1.29 is 19.0 Å². The first-order valence-corrected chi connectivity index (χ1v) is 9.52. The summed E-state index contributed by atoms with van der Waals surface area (Å²) in [6, 6.07) is 10.6. The molecular weight excluding hydrogens is 394 g/mol. The van der Waals surface area contributed by atoms with E-state index in [2.05, 4.69) is 20.6 Å². The minimum absolute atomic E-state index is 0.155. The van der Waals surface area contributed by atoms with Crippen molar-refractivity contribution >= 4 is 27.9 Å². The molecule has 5 rings (SSSR count). The van der Waals surface area contributed by atoms with Crippen LogP contribution in [0.3, 0.4) is 0 Å². The van der Waals surface area contributed by atoms with Gasteiger partial charge in [0.25, 0.3) is 5.91 Å². The highest BCUT2D eigenvalue weighted by Crippen LogP contribution is 2.35. The zero-order chi connectivity index (χ0) is 20.0. The summed E-state index contributed by atoms with van der Waals surface area (Å²) in [5.74, 6) is 2.15. The zero-order valence-corrected chi connectivity index (χ0v) is 16.3. The lowest BCUT2D eigenvalue weighted by Gasteiger charge is -2.11. The van der Waals surface area contributed by atoms with E-state index in [0.717, 1.165) is 10.6 Å². The van der Waals surface area contributed by atoms with Crippen LogP contribution < -0.4 is 19.5 Å². The fraction of sp³-hybridized carbons (Fsp3) is 0.158. The molecule has 0 unspecified atom stereocenters. The van der Waals surface area contributed by atoms with Gasteiger partial charge in [-0.2, -0.15) is 9.61 Å². The number of aromatic nitrogens is 4. The number of benzene rings is 2. The summed E-state index contributed by atoms with van der Waals surface area (Å²) in [5.41, 5.74) is 1.83. The first kappa shape index (κ1) is 17.4. The van der Waals surface area contributed by atoms with Crippen molar-refractivity contribution in [2.75, 3.05) is 19.2 Å². The monoisotopic (exact) mass is 409 g/mol. The molecule has 0 radical (unpaired) electrons. The quantitative estimate of drug-likeness (QED) is 0.553. The Labute approximate surface area is 168 Å². The molecule has 10 heteroatoms. The van der Waals surface area contributed by atoms with Crippen molar-refractivity contribution in [2.45, 2.75) is 6.92 Å². The fourth-order valence-electron chi connectivity index (χ4n) is 3.00. The normalized spacial score (nSPS) is 12.3. The predicted molar refractivity (Wildman–Crippen MR) is 106 cm³/mol. The second kappa shape index (κ2) is 6.74. The number of nitrogens with zero attached hydrogens (tertiary/aromatic N) is 4. The number of amides is 1. The van der Waals surface area contributed by atoms with Gasteiger partial charge in [0.1, 0.15) is 10.8 Å². The maximum absolute atomic E-state index is 12.8. The summed E-state index contributed by atoms with van der Waals surface area (Å²) in [7, 11) is 1.55. The summed E-state index contributed by atoms with van der Waals surface area (Å²) in [5, 5.41) is 16.3. The van der Waals surface area contributed by atoms with Crippen LogP contribution in [0.25, 0.3) is 15.5 Å². The number of carbonyl (C=O) groups is 1. The van der Waals surface area contributed by atoms with Gasteiger partial charge in [0.15, 0.2) is 17.3 Å². The van der Waals surface area contributed by atoms with E-state index in [0.29, 0.717) is 39.3 Å².